The number of carbonyl (C=O) groups is 2. The number of carbonyl (C=O) groups excluding carboxylic acids is 1. The number of hydrogen-bond acceptors (Lipinski definition) is 4. The van der Waals surface area contributed by atoms with E-state index in [0.717, 1.165) is 22.3 Å². The van der Waals surface area contributed by atoms with E-state index >= 15 is 0 Å². The Labute approximate surface area is 157 Å². The molecule has 1 fully saturated rings. The Morgan fingerprint density at radius 2 is 1.67 bits per heavy atom. The van der Waals surface area contributed by atoms with Gasteiger partial charge in [0.15, 0.2) is 0 Å². The minimum atomic E-state index is -0.973. The number of piperidine rings is 1. The second kappa shape index (κ2) is 7.04. The summed E-state index contributed by atoms with van der Waals surface area (Å²) >= 11 is 0. The third-order valence-corrected chi connectivity index (χ3v) is 5.57. The zero-order valence-corrected chi connectivity index (χ0v) is 14.9. The lowest BCUT2D eigenvalue weighted by atomic mass is 9.95. The number of hydrogen-bond donors (Lipinski definition) is 2. The van der Waals surface area contributed by atoms with Crippen LogP contribution < -0.4 is 5.73 Å². The lowest BCUT2D eigenvalue weighted by molar-refractivity contribution is -0.145. The molecule has 3 N–H and O–H groups in total. The highest BCUT2D eigenvalue weighted by molar-refractivity contribution is 5.79. The number of rotatable bonds is 3. The molecule has 2 aliphatic rings. The van der Waals surface area contributed by atoms with E-state index in [4.69, 9.17) is 10.5 Å². The predicted octanol–water partition coefficient (Wildman–Crippen LogP) is 3.02. The maximum atomic E-state index is 12.6. The molecule has 1 amide bonds. The van der Waals surface area contributed by atoms with E-state index in [1.54, 1.807) is 0 Å². The molecule has 2 aromatic rings. The number of benzene rings is 2. The van der Waals surface area contributed by atoms with Crippen molar-refractivity contribution in [3.05, 3.63) is 59.7 Å². The second-order valence-corrected chi connectivity index (χ2v) is 7.07. The third-order valence-electron chi connectivity index (χ3n) is 5.57. The van der Waals surface area contributed by atoms with Gasteiger partial charge in [-0.05, 0) is 35.1 Å². The number of aliphatic carboxylic acids is 1. The fraction of sp³-hybridized carbons (Fsp3) is 0.333. The number of likely N-dealkylation sites (tertiary alicyclic amines) is 1. The zero-order valence-electron chi connectivity index (χ0n) is 14.9. The van der Waals surface area contributed by atoms with Gasteiger partial charge in [0.25, 0.3) is 0 Å². The summed E-state index contributed by atoms with van der Waals surface area (Å²) < 4.78 is 5.59. The lowest BCUT2D eigenvalue weighted by Gasteiger charge is -2.36. The van der Waals surface area contributed by atoms with E-state index in [0.29, 0.717) is 19.4 Å². The Kier molecular flexibility index (Phi) is 4.58. The molecule has 1 heterocycles. The van der Waals surface area contributed by atoms with Gasteiger partial charge in [0.05, 0.1) is 12.1 Å². The van der Waals surface area contributed by atoms with Gasteiger partial charge >= 0.3 is 12.1 Å². The maximum absolute atomic E-state index is 12.6. The first kappa shape index (κ1) is 17.5. The van der Waals surface area contributed by atoms with Crippen molar-refractivity contribution < 1.29 is 19.4 Å². The number of ether oxygens (including phenoxy) is 1. The highest BCUT2D eigenvalue weighted by Crippen LogP contribution is 2.44. The Bertz CT molecular complexity index is 836. The molecule has 6 nitrogen and oxygen atoms in total. The average molecular weight is 366 g/mol. The van der Waals surface area contributed by atoms with Crippen LogP contribution in [0.1, 0.15) is 29.9 Å². The molecular weight excluding hydrogens is 344 g/mol. The van der Waals surface area contributed by atoms with Crippen LogP contribution in [0.15, 0.2) is 48.5 Å². The van der Waals surface area contributed by atoms with Gasteiger partial charge in [0.2, 0.25) is 0 Å². The van der Waals surface area contributed by atoms with Crippen LogP contribution in [0, 0.1) is 5.92 Å². The average Bonchev–Trinajstić information content (AvgIpc) is 3.00. The SMILES string of the molecule is NC1C(C(=O)O)CCCN1C(=O)OCC1c2ccccc2-c2ccccc21. The van der Waals surface area contributed by atoms with Crippen molar-refractivity contribution in [3.63, 3.8) is 0 Å². The van der Waals surface area contributed by atoms with Crippen LogP contribution in [-0.2, 0) is 9.53 Å². The first-order valence-electron chi connectivity index (χ1n) is 9.18. The minimum absolute atomic E-state index is 0.0300. The van der Waals surface area contributed by atoms with Gasteiger partial charge in [-0.15, -0.1) is 0 Å². The molecule has 0 radical (unpaired) electrons. The summed E-state index contributed by atoms with van der Waals surface area (Å²) in [6, 6.07) is 16.2. The number of nitrogens with two attached hydrogens (primary N) is 1. The monoisotopic (exact) mass is 366 g/mol. The molecule has 0 aromatic heterocycles. The van der Waals surface area contributed by atoms with Crippen molar-refractivity contribution in [2.24, 2.45) is 11.7 Å². The van der Waals surface area contributed by atoms with Crippen LogP contribution in [0.25, 0.3) is 11.1 Å². The standard InChI is InChI=1S/C21H22N2O4/c22-19-17(20(24)25)10-5-11-23(19)21(26)27-12-18-15-8-3-1-6-13(15)14-7-2-4-9-16(14)18/h1-4,6-9,17-19H,5,10-12,22H2,(H,24,25). The molecule has 6 heteroatoms. The molecule has 1 aliphatic carbocycles. The summed E-state index contributed by atoms with van der Waals surface area (Å²) in [7, 11) is 0. The van der Waals surface area contributed by atoms with E-state index in [9.17, 15) is 14.7 Å². The molecule has 2 atom stereocenters. The first-order chi connectivity index (χ1) is 13.1. The number of fused-ring (bicyclic) bond motifs is 3. The fourth-order valence-electron chi connectivity index (χ4n) is 4.18. The molecule has 0 spiro atoms. The van der Waals surface area contributed by atoms with Crippen molar-refractivity contribution in [2.75, 3.05) is 13.2 Å². The van der Waals surface area contributed by atoms with Gasteiger partial charge in [0, 0.05) is 12.5 Å². The normalized spacial score (nSPS) is 21.4. The molecule has 0 bridgehead atoms. The van der Waals surface area contributed by atoms with Crippen LogP contribution >= 0.6 is 0 Å². The minimum Gasteiger partial charge on any atom is -0.481 e. The highest BCUT2D eigenvalue weighted by atomic mass is 16.6. The molecule has 2 aromatic carbocycles. The van der Waals surface area contributed by atoms with Crippen LogP contribution in [0.4, 0.5) is 4.79 Å². The zero-order chi connectivity index (χ0) is 19.0. The molecular formula is C21H22N2O4. The van der Waals surface area contributed by atoms with Crippen LogP contribution in [-0.4, -0.2) is 41.4 Å². The number of nitrogens with zero attached hydrogens (tertiary/aromatic N) is 1. The first-order valence-corrected chi connectivity index (χ1v) is 9.18. The van der Waals surface area contributed by atoms with Gasteiger partial charge in [0.1, 0.15) is 6.61 Å². The van der Waals surface area contributed by atoms with Crippen molar-refractivity contribution in [2.45, 2.75) is 24.9 Å². The van der Waals surface area contributed by atoms with Gasteiger partial charge in [-0.2, -0.15) is 0 Å². The Morgan fingerprint density at radius 1 is 1.07 bits per heavy atom. The second-order valence-electron chi connectivity index (χ2n) is 7.07. The lowest BCUT2D eigenvalue weighted by Crippen LogP contribution is -2.55. The van der Waals surface area contributed by atoms with Crippen LogP contribution in [0.2, 0.25) is 0 Å². The summed E-state index contributed by atoms with van der Waals surface area (Å²) in [5.41, 5.74) is 10.6. The number of carboxylic acids is 1. The van der Waals surface area contributed by atoms with Gasteiger partial charge in [-0.3, -0.25) is 9.69 Å². The van der Waals surface area contributed by atoms with E-state index < -0.39 is 24.1 Å². The van der Waals surface area contributed by atoms with Crippen molar-refractivity contribution >= 4 is 12.1 Å². The molecule has 27 heavy (non-hydrogen) atoms. The van der Waals surface area contributed by atoms with Crippen molar-refractivity contribution in [1.29, 1.82) is 0 Å². The van der Waals surface area contributed by atoms with Crippen LogP contribution in [0.3, 0.4) is 0 Å². The van der Waals surface area contributed by atoms with E-state index in [-0.39, 0.29) is 12.5 Å². The summed E-state index contributed by atoms with van der Waals surface area (Å²) in [4.78, 5) is 25.2. The molecule has 140 valence electrons. The Hall–Kier alpha value is -2.86. The molecule has 4 rings (SSSR count). The van der Waals surface area contributed by atoms with Gasteiger partial charge in [-0.1, -0.05) is 48.5 Å². The number of carboxylic acid groups (broad SMARTS) is 1. The van der Waals surface area contributed by atoms with Gasteiger partial charge < -0.3 is 15.6 Å². The summed E-state index contributed by atoms with van der Waals surface area (Å²) in [5, 5.41) is 9.27. The van der Waals surface area contributed by atoms with Gasteiger partial charge in [-0.25, -0.2) is 4.79 Å². The summed E-state index contributed by atoms with van der Waals surface area (Å²) in [6.07, 6.45) is -0.319. The predicted molar refractivity (Wildman–Crippen MR) is 100 cm³/mol. The largest absolute Gasteiger partial charge is 0.481 e. The number of amides is 1. The van der Waals surface area contributed by atoms with Crippen molar-refractivity contribution in [3.8, 4) is 11.1 Å². The topological polar surface area (TPSA) is 92.9 Å². The smallest absolute Gasteiger partial charge is 0.411 e. The van der Waals surface area contributed by atoms with E-state index in [1.807, 2.05) is 24.3 Å². The van der Waals surface area contributed by atoms with Crippen molar-refractivity contribution in [1.82, 2.24) is 4.90 Å². The Morgan fingerprint density at radius 3 is 2.26 bits per heavy atom. The maximum Gasteiger partial charge on any atom is 0.411 e. The highest BCUT2D eigenvalue weighted by Gasteiger charge is 2.37. The quantitative estimate of drug-likeness (QED) is 0.871. The van der Waals surface area contributed by atoms with Crippen LogP contribution in [0.5, 0.6) is 0 Å². The summed E-state index contributed by atoms with van der Waals surface area (Å²) in [5.74, 6) is -1.75. The molecule has 0 saturated carbocycles. The third kappa shape index (κ3) is 3.06. The molecule has 1 aliphatic heterocycles. The fourth-order valence-corrected chi connectivity index (χ4v) is 4.18. The molecule has 2 unspecified atom stereocenters. The van der Waals surface area contributed by atoms with E-state index in [1.165, 1.54) is 4.90 Å². The summed E-state index contributed by atoms with van der Waals surface area (Å²) in [6.45, 7) is 0.620. The molecule has 1 saturated heterocycles. The Balaban J connectivity index is 1.50. The van der Waals surface area contributed by atoms with E-state index in [2.05, 4.69) is 24.3 Å².